The molecule has 0 aliphatic heterocycles. The van der Waals surface area contributed by atoms with Crippen molar-refractivity contribution >= 4 is 0 Å². The highest BCUT2D eigenvalue weighted by Crippen LogP contribution is 2.70. The van der Waals surface area contributed by atoms with Crippen LogP contribution in [0.2, 0.25) is 0 Å². The highest BCUT2D eigenvalue weighted by Gasteiger charge is 2.63. The molecular weight excluding hydrogens is 232 g/mol. The van der Waals surface area contributed by atoms with Crippen molar-refractivity contribution in [2.24, 2.45) is 11.3 Å². The molecule has 2 aliphatic carbocycles. The standard InChI is InChI=1S/C17H18N2/c1-10-14-13(9-12-15(14)17(12,2)3)19-16(18-10)11-7-5-4-6-8-11/h4-8,12,15H,9H2,1-3H3. The van der Waals surface area contributed by atoms with Gasteiger partial charge in [-0.1, -0.05) is 44.2 Å². The van der Waals surface area contributed by atoms with E-state index in [0.29, 0.717) is 11.3 Å². The molecule has 2 unspecified atom stereocenters. The maximum atomic E-state index is 4.82. The minimum absolute atomic E-state index is 0.468. The highest BCUT2D eigenvalue weighted by atomic mass is 14.9. The summed E-state index contributed by atoms with van der Waals surface area (Å²) in [7, 11) is 0. The van der Waals surface area contributed by atoms with E-state index in [9.17, 15) is 0 Å². The summed E-state index contributed by atoms with van der Waals surface area (Å²) in [6.45, 7) is 6.88. The van der Waals surface area contributed by atoms with Crippen molar-refractivity contribution < 1.29 is 0 Å². The van der Waals surface area contributed by atoms with Crippen molar-refractivity contribution in [2.45, 2.75) is 33.1 Å². The van der Waals surface area contributed by atoms with E-state index in [1.807, 2.05) is 18.2 Å². The van der Waals surface area contributed by atoms with Crippen LogP contribution in [0.1, 0.15) is 36.7 Å². The molecule has 2 aliphatic rings. The van der Waals surface area contributed by atoms with Crippen LogP contribution in [0.4, 0.5) is 0 Å². The average Bonchev–Trinajstić information content (AvgIpc) is 2.76. The van der Waals surface area contributed by atoms with Gasteiger partial charge in [-0.2, -0.15) is 0 Å². The number of fused-ring (bicyclic) bond motifs is 3. The van der Waals surface area contributed by atoms with Gasteiger partial charge in [0.25, 0.3) is 0 Å². The molecule has 1 aromatic heterocycles. The van der Waals surface area contributed by atoms with E-state index in [0.717, 1.165) is 23.7 Å². The number of benzene rings is 1. The van der Waals surface area contributed by atoms with Crippen molar-refractivity contribution in [3.05, 3.63) is 47.3 Å². The summed E-state index contributed by atoms with van der Waals surface area (Å²) in [5.41, 5.74) is 5.50. The molecule has 96 valence electrons. The number of hydrogen-bond acceptors (Lipinski definition) is 2. The summed E-state index contributed by atoms with van der Waals surface area (Å²) in [5.74, 6) is 2.38. The number of aryl methyl sites for hydroxylation is 1. The van der Waals surface area contributed by atoms with Crippen molar-refractivity contribution in [2.75, 3.05) is 0 Å². The molecule has 1 heterocycles. The number of aromatic nitrogens is 2. The summed E-state index contributed by atoms with van der Waals surface area (Å²) in [6.07, 6.45) is 1.14. The van der Waals surface area contributed by atoms with Gasteiger partial charge in [0.1, 0.15) is 0 Å². The minimum atomic E-state index is 0.468. The molecule has 2 atom stereocenters. The molecule has 0 radical (unpaired) electrons. The van der Waals surface area contributed by atoms with Gasteiger partial charge in [0.05, 0.1) is 0 Å². The van der Waals surface area contributed by atoms with Crippen molar-refractivity contribution in [3.63, 3.8) is 0 Å². The van der Waals surface area contributed by atoms with Crippen LogP contribution in [0, 0.1) is 18.3 Å². The molecule has 0 amide bonds. The van der Waals surface area contributed by atoms with Crippen LogP contribution in [0.5, 0.6) is 0 Å². The predicted octanol–water partition coefficient (Wildman–Crippen LogP) is 3.75. The summed E-state index contributed by atoms with van der Waals surface area (Å²) in [4.78, 5) is 9.57. The van der Waals surface area contributed by atoms with E-state index in [4.69, 9.17) is 9.97 Å². The van der Waals surface area contributed by atoms with Crippen LogP contribution >= 0.6 is 0 Å². The number of hydrogen-bond donors (Lipinski definition) is 0. The third-order valence-electron chi connectivity index (χ3n) is 5.02. The van der Waals surface area contributed by atoms with Gasteiger partial charge >= 0.3 is 0 Å². The Bertz CT molecular complexity index is 658. The number of nitrogens with zero attached hydrogens (tertiary/aromatic N) is 2. The molecular formula is C17H18N2. The molecule has 2 heteroatoms. The lowest BCUT2D eigenvalue weighted by molar-refractivity contribution is 0.534. The summed E-state index contributed by atoms with van der Waals surface area (Å²) >= 11 is 0. The molecule has 0 saturated heterocycles. The Hall–Kier alpha value is -1.70. The Balaban J connectivity index is 1.82. The lowest BCUT2D eigenvalue weighted by Gasteiger charge is -2.14. The Labute approximate surface area is 113 Å². The van der Waals surface area contributed by atoms with Gasteiger partial charge in [0.2, 0.25) is 0 Å². The maximum absolute atomic E-state index is 4.82. The number of rotatable bonds is 1. The van der Waals surface area contributed by atoms with E-state index in [2.05, 4.69) is 32.9 Å². The molecule has 1 saturated carbocycles. The third kappa shape index (κ3) is 1.43. The molecule has 1 aromatic carbocycles. The molecule has 2 aromatic rings. The molecule has 0 N–H and O–H groups in total. The van der Waals surface area contributed by atoms with Crippen molar-refractivity contribution in [3.8, 4) is 11.4 Å². The second kappa shape index (κ2) is 3.44. The van der Waals surface area contributed by atoms with Crippen LogP contribution in [0.25, 0.3) is 11.4 Å². The minimum Gasteiger partial charge on any atom is -0.233 e. The smallest absolute Gasteiger partial charge is 0.159 e. The Morgan fingerprint density at radius 3 is 2.58 bits per heavy atom. The van der Waals surface area contributed by atoms with E-state index >= 15 is 0 Å². The molecule has 0 bridgehead atoms. The summed E-state index contributed by atoms with van der Waals surface area (Å²) < 4.78 is 0. The zero-order chi connectivity index (χ0) is 13.2. The normalized spacial score (nSPS) is 25.8. The first-order valence-corrected chi connectivity index (χ1v) is 7.02. The fraction of sp³-hybridized carbons (Fsp3) is 0.412. The van der Waals surface area contributed by atoms with E-state index in [1.165, 1.54) is 17.0 Å². The molecule has 19 heavy (non-hydrogen) atoms. The van der Waals surface area contributed by atoms with E-state index in [1.54, 1.807) is 0 Å². The Kier molecular flexibility index (Phi) is 2.02. The molecule has 2 nitrogen and oxygen atoms in total. The van der Waals surface area contributed by atoms with Gasteiger partial charge in [-0.25, -0.2) is 9.97 Å². The van der Waals surface area contributed by atoms with Crippen LogP contribution in [-0.2, 0) is 6.42 Å². The zero-order valence-corrected chi connectivity index (χ0v) is 11.6. The van der Waals surface area contributed by atoms with Gasteiger partial charge < -0.3 is 0 Å². The fourth-order valence-electron chi connectivity index (χ4n) is 3.82. The first-order valence-electron chi connectivity index (χ1n) is 7.02. The Morgan fingerprint density at radius 2 is 1.84 bits per heavy atom. The predicted molar refractivity (Wildman–Crippen MR) is 75.9 cm³/mol. The monoisotopic (exact) mass is 250 g/mol. The lowest BCUT2D eigenvalue weighted by Crippen LogP contribution is -2.07. The van der Waals surface area contributed by atoms with Crippen LogP contribution < -0.4 is 0 Å². The fourth-order valence-corrected chi connectivity index (χ4v) is 3.82. The third-order valence-corrected chi connectivity index (χ3v) is 5.02. The summed E-state index contributed by atoms with van der Waals surface area (Å²) in [5, 5.41) is 0. The quantitative estimate of drug-likeness (QED) is 0.770. The Morgan fingerprint density at radius 1 is 1.11 bits per heavy atom. The van der Waals surface area contributed by atoms with Crippen molar-refractivity contribution in [1.29, 1.82) is 0 Å². The van der Waals surface area contributed by atoms with Crippen LogP contribution in [-0.4, -0.2) is 9.97 Å². The first-order chi connectivity index (χ1) is 9.09. The molecule has 4 rings (SSSR count). The first kappa shape index (κ1) is 11.2. The van der Waals surface area contributed by atoms with Gasteiger partial charge in [0, 0.05) is 17.0 Å². The largest absolute Gasteiger partial charge is 0.233 e. The van der Waals surface area contributed by atoms with Gasteiger partial charge in [-0.15, -0.1) is 0 Å². The van der Waals surface area contributed by atoms with Gasteiger partial charge in [-0.05, 0) is 36.2 Å². The van der Waals surface area contributed by atoms with Crippen LogP contribution in [0.3, 0.4) is 0 Å². The lowest BCUT2D eigenvalue weighted by atomic mass is 9.97. The topological polar surface area (TPSA) is 25.8 Å². The molecule has 0 spiro atoms. The van der Waals surface area contributed by atoms with Gasteiger partial charge in [-0.3, -0.25) is 0 Å². The van der Waals surface area contributed by atoms with E-state index < -0.39 is 0 Å². The zero-order valence-electron chi connectivity index (χ0n) is 11.6. The summed E-state index contributed by atoms with van der Waals surface area (Å²) in [6, 6.07) is 10.3. The average molecular weight is 250 g/mol. The molecule has 1 fully saturated rings. The second-order valence-corrected chi connectivity index (χ2v) is 6.47. The van der Waals surface area contributed by atoms with Gasteiger partial charge in [0.15, 0.2) is 5.82 Å². The van der Waals surface area contributed by atoms with Crippen molar-refractivity contribution in [1.82, 2.24) is 9.97 Å². The second-order valence-electron chi connectivity index (χ2n) is 6.47. The SMILES string of the molecule is Cc1nc(-c2ccccc2)nc2c1C1C(C2)C1(C)C. The van der Waals surface area contributed by atoms with E-state index in [-0.39, 0.29) is 0 Å². The van der Waals surface area contributed by atoms with Crippen LogP contribution in [0.15, 0.2) is 30.3 Å². The maximum Gasteiger partial charge on any atom is 0.159 e. The highest BCUT2D eigenvalue weighted by molar-refractivity contribution is 5.57.